The van der Waals surface area contributed by atoms with Gasteiger partial charge in [0.05, 0.1) is 6.54 Å². The van der Waals surface area contributed by atoms with Gasteiger partial charge < -0.3 is 4.57 Å². The van der Waals surface area contributed by atoms with Crippen molar-refractivity contribution in [1.29, 1.82) is 0 Å². The maximum Gasteiger partial charge on any atom is 0.197 e. The number of aromatic nitrogens is 3. The molecule has 0 saturated carbocycles. The van der Waals surface area contributed by atoms with Gasteiger partial charge in [0.15, 0.2) is 4.77 Å². The molecule has 0 bridgehead atoms. The molecule has 2 rings (SSSR count). The zero-order valence-electron chi connectivity index (χ0n) is 8.63. The third kappa shape index (κ3) is 2.15. The summed E-state index contributed by atoms with van der Waals surface area (Å²) in [5.74, 6) is 0. The molecule has 0 spiro atoms. The number of aryl methyl sites for hydroxylation is 1. The minimum atomic E-state index is 0.743. The molecule has 0 atom stereocenters. The molecule has 0 saturated heterocycles. The van der Waals surface area contributed by atoms with E-state index in [2.05, 4.69) is 24.2 Å². The number of hydrogen-bond donors (Lipinski definition) is 0. The van der Waals surface area contributed by atoms with Crippen LogP contribution < -0.4 is 0 Å². The first-order valence-electron chi connectivity index (χ1n) is 4.97. The molecule has 0 N–H and O–H groups in total. The monoisotopic (exact) mass is 219 g/mol. The molecule has 0 fully saturated rings. The highest BCUT2D eigenvalue weighted by Gasteiger charge is 2.00. The molecule has 3 nitrogen and oxygen atoms in total. The molecule has 4 heteroatoms. The van der Waals surface area contributed by atoms with E-state index < -0.39 is 0 Å². The fourth-order valence-corrected chi connectivity index (χ4v) is 1.74. The van der Waals surface area contributed by atoms with Crippen LogP contribution in [0, 0.1) is 4.77 Å². The summed E-state index contributed by atoms with van der Waals surface area (Å²) in [4.78, 5) is 0. The Morgan fingerprint density at radius 1 is 1.27 bits per heavy atom. The summed E-state index contributed by atoms with van der Waals surface area (Å²) in [6.07, 6.45) is 1.78. The van der Waals surface area contributed by atoms with E-state index in [1.165, 1.54) is 5.56 Å². The number of hydrogen-bond acceptors (Lipinski definition) is 2. The Morgan fingerprint density at radius 3 is 2.60 bits per heavy atom. The lowest BCUT2D eigenvalue weighted by atomic mass is 10.2. The highest BCUT2D eigenvalue weighted by Crippen LogP contribution is 2.02. The summed E-state index contributed by atoms with van der Waals surface area (Å²) in [6, 6.07) is 10.2. The number of benzene rings is 1. The lowest BCUT2D eigenvalue weighted by Crippen LogP contribution is -2.03. The Kier molecular flexibility index (Phi) is 2.97. The van der Waals surface area contributed by atoms with Crippen molar-refractivity contribution in [2.24, 2.45) is 0 Å². The topological polar surface area (TPSA) is 22.8 Å². The lowest BCUT2D eigenvalue weighted by Gasteiger charge is -2.00. The van der Waals surface area contributed by atoms with Gasteiger partial charge in [0.1, 0.15) is 6.33 Å². The Bertz CT molecular complexity index is 484. The highest BCUT2D eigenvalue weighted by atomic mass is 32.1. The van der Waals surface area contributed by atoms with Gasteiger partial charge in [-0.25, -0.2) is 4.68 Å². The van der Waals surface area contributed by atoms with Gasteiger partial charge in [-0.1, -0.05) is 30.3 Å². The van der Waals surface area contributed by atoms with E-state index in [9.17, 15) is 0 Å². The van der Waals surface area contributed by atoms with Crippen LogP contribution in [0.2, 0.25) is 0 Å². The molecule has 1 aromatic carbocycles. The number of nitrogens with zero attached hydrogens (tertiary/aromatic N) is 3. The van der Waals surface area contributed by atoms with E-state index in [0.717, 1.165) is 17.9 Å². The molecule has 15 heavy (non-hydrogen) atoms. The third-order valence-corrected chi connectivity index (χ3v) is 2.76. The molecular formula is C11H13N3S. The zero-order valence-corrected chi connectivity index (χ0v) is 9.44. The average Bonchev–Trinajstić information content (AvgIpc) is 2.62. The van der Waals surface area contributed by atoms with Crippen LogP contribution in [0.1, 0.15) is 12.5 Å². The van der Waals surface area contributed by atoms with Crippen LogP contribution in [0.25, 0.3) is 0 Å². The van der Waals surface area contributed by atoms with Crippen LogP contribution in [0.5, 0.6) is 0 Å². The first-order chi connectivity index (χ1) is 7.31. The van der Waals surface area contributed by atoms with E-state index >= 15 is 0 Å². The summed E-state index contributed by atoms with van der Waals surface area (Å²) >= 11 is 5.29. The van der Waals surface area contributed by atoms with E-state index in [1.807, 2.05) is 27.4 Å². The predicted octanol–water partition coefficient (Wildman–Crippen LogP) is 2.48. The van der Waals surface area contributed by atoms with Crippen molar-refractivity contribution in [3.8, 4) is 0 Å². The van der Waals surface area contributed by atoms with Gasteiger partial charge >= 0.3 is 0 Å². The summed E-state index contributed by atoms with van der Waals surface area (Å²) < 4.78 is 4.58. The van der Waals surface area contributed by atoms with Gasteiger partial charge in [-0.2, -0.15) is 5.10 Å². The average molecular weight is 219 g/mol. The van der Waals surface area contributed by atoms with Gasteiger partial charge in [0.25, 0.3) is 0 Å². The molecule has 2 aromatic rings. The molecule has 1 aromatic heterocycles. The normalized spacial score (nSPS) is 10.5. The van der Waals surface area contributed by atoms with Crippen molar-refractivity contribution >= 4 is 12.2 Å². The van der Waals surface area contributed by atoms with Crippen molar-refractivity contribution in [1.82, 2.24) is 14.3 Å². The Hall–Kier alpha value is -1.42. The second-order valence-electron chi connectivity index (χ2n) is 3.34. The van der Waals surface area contributed by atoms with Crippen LogP contribution in [0.4, 0.5) is 0 Å². The summed E-state index contributed by atoms with van der Waals surface area (Å²) in [5.41, 5.74) is 1.22. The Labute approximate surface area is 94.0 Å². The summed E-state index contributed by atoms with van der Waals surface area (Å²) in [7, 11) is 0. The van der Waals surface area contributed by atoms with Crippen LogP contribution in [-0.2, 0) is 13.1 Å². The van der Waals surface area contributed by atoms with Crippen LogP contribution in [-0.4, -0.2) is 14.3 Å². The smallest absolute Gasteiger partial charge is 0.197 e. The van der Waals surface area contributed by atoms with Crippen molar-refractivity contribution < 1.29 is 0 Å². The van der Waals surface area contributed by atoms with Gasteiger partial charge in [0, 0.05) is 6.54 Å². The highest BCUT2D eigenvalue weighted by molar-refractivity contribution is 7.71. The first kappa shape index (κ1) is 10.1. The molecule has 78 valence electrons. The zero-order chi connectivity index (χ0) is 10.7. The third-order valence-electron chi connectivity index (χ3n) is 2.31. The van der Waals surface area contributed by atoms with Gasteiger partial charge in [-0.3, -0.25) is 0 Å². The summed E-state index contributed by atoms with van der Waals surface area (Å²) in [5, 5.41) is 4.26. The molecular weight excluding hydrogens is 206 g/mol. The minimum Gasteiger partial charge on any atom is -0.307 e. The second-order valence-corrected chi connectivity index (χ2v) is 3.71. The van der Waals surface area contributed by atoms with Crippen molar-refractivity contribution in [2.75, 3.05) is 0 Å². The minimum absolute atomic E-state index is 0.743. The Morgan fingerprint density at radius 2 is 2.00 bits per heavy atom. The molecule has 0 radical (unpaired) electrons. The van der Waals surface area contributed by atoms with E-state index in [1.54, 1.807) is 6.33 Å². The van der Waals surface area contributed by atoms with Crippen LogP contribution >= 0.6 is 12.2 Å². The summed E-state index contributed by atoms with van der Waals surface area (Å²) in [6.45, 7) is 3.67. The fraction of sp³-hybridized carbons (Fsp3) is 0.273. The molecule has 0 aliphatic heterocycles. The van der Waals surface area contributed by atoms with E-state index in [4.69, 9.17) is 12.2 Å². The Balaban J connectivity index is 2.26. The second kappa shape index (κ2) is 4.40. The number of rotatable bonds is 3. The van der Waals surface area contributed by atoms with Gasteiger partial charge in [-0.15, -0.1) is 0 Å². The van der Waals surface area contributed by atoms with Gasteiger partial charge in [-0.05, 0) is 24.7 Å². The molecule has 0 aliphatic carbocycles. The van der Waals surface area contributed by atoms with Crippen molar-refractivity contribution in [3.05, 3.63) is 47.0 Å². The van der Waals surface area contributed by atoms with Crippen LogP contribution in [0.3, 0.4) is 0 Å². The molecule has 0 amide bonds. The van der Waals surface area contributed by atoms with Crippen molar-refractivity contribution in [2.45, 2.75) is 20.0 Å². The lowest BCUT2D eigenvalue weighted by molar-refractivity contribution is 0.655. The largest absolute Gasteiger partial charge is 0.307 e. The SMILES string of the molecule is CCn1cnn(Cc2ccccc2)c1=S. The van der Waals surface area contributed by atoms with Crippen molar-refractivity contribution in [3.63, 3.8) is 0 Å². The fourth-order valence-electron chi connectivity index (χ4n) is 1.45. The maximum absolute atomic E-state index is 5.29. The molecule has 0 unspecified atom stereocenters. The standard InChI is InChI=1S/C11H13N3S/c1-2-13-9-12-14(11(13)15)8-10-6-4-3-5-7-10/h3-7,9H,2,8H2,1H3. The van der Waals surface area contributed by atoms with Crippen LogP contribution in [0.15, 0.2) is 36.7 Å². The van der Waals surface area contributed by atoms with E-state index in [-0.39, 0.29) is 0 Å². The quantitative estimate of drug-likeness (QED) is 0.740. The molecule has 0 aliphatic rings. The molecule has 1 heterocycles. The predicted molar refractivity (Wildman–Crippen MR) is 62.3 cm³/mol. The van der Waals surface area contributed by atoms with Gasteiger partial charge in [0.2, 0.25) is 0 Å². The van der Waals surface area contributed by atoms with E-state index in [0.29, 0.717) is 0 Å². The first-order valence-corrected chi connectivity index (χ1v) is 5.38. The maximum atomic E-state index is 5.29.